The molecule has 4 nitrogen and oxygen atoms in total. The summed E-state index contributed by atoms with van der Waals surface area (Å²) in [6, 6.07) is 22.7. The SMILES string of the molecule is Cc1ccc(S(=O)(=O)C(C(=O)c2ccccc2)c2c(C)[nH]c3ccccc23)cc1. The summed E-state index contributed by atoms with van der Waals surface area (Å²) in [5.74, 6) is -0.431. The zero-order valence-corrected chi connectivity index (χ0v) is 17.0. The molecule has 1 N–H and O–H groups in total. The fraction of sp³-hybridized carbons (Fsp3) is 0.125. The van der Waals surface area contributed by atoms with Crippen molar-refractivity contribution in [1.82, 2.24) is 4.98 Å². The molecule has 146 valence electrons. The van der Waals surface area contributed by atoms with Gasteiger partial charge in [-0.2, -0.15) is 0 Å². The number of aromatic nitrogens is 1. The molecule has 0 spiro atoms. The molecule has 0 aliphatic carbocycles. The van der Waals surface area contributed by atoms with Crippen molar-refractivity contribution in [2.75, 3.05) is 0 Å². The number of para-hydroxylation sites is 1. The van der Waals surface area contributed by atoms with Crippen molar-refractivity contribution in [2.24, 2.45) is 0 Å². The molecule has 4 aromatic rings. The van der Waals surface area contributed by atoms with Crippen molar-refractivity contribution < 1.29 is 13.2 Å². The van der Waals surface area contributed by atoms with Crippen molar-refractivity contribution >= 4 is 26.5 Å². The molecule has 0 bridgehead atoms. The number of carbonyl (C=O) groups excluding carboxylic acids is 1. The number of H-pyrrole nitrogens is 1. The maximum atomic E-state index is 13.7. The number of nitrogens with one attached hydrogen (secondary N) is 1. The lowest BCUT2D eigenvalue weighted by molar-refractivity contribution is 0.0987. The van der Waals surface area contributed by atoms with E-state index in [2.05, 4.69) is 4.98 Å². The fourth-order valence-electron chi connectivity index (χ4n) is 3.68. The minimum absolute atomic E-state index is 0.141. The number of ketones is 1. The van der Waals surface area contributed by atoms with Crippen LogP contribution in [0.3, 0.4) is 0 Å². The summed E-state index contributed by atoms with van der Waals surface area (Å²) in [4.78, 5) is 16.9. The lowest BCUT2D eigenvalue weighted by atomic mass is 10.00. The first kappa shape index (κ1) is 19.2. The average molecular weight is 404 g/mol. The van der Waals surface area contributed by atoms with Crippen LogP contribution >= 0.6 is 0 Å². The Bertz CT molecular complexity index is 1290. The van der Waals surface area contributed by atoms with E-state index in [1.165, 1.54) is 0 Å². The Kier molecular flexibility index (Phi) is 4.84. The van der Waals surface area contributed by atoms with Crippen molar-refractivity contribution in [1.29, 1.82) is 0 Å². The summed E-state index contributed by atoms with van der Waals surface area (Å²) in [6.07, 6.45) is 0. The standard InChI is InChI=1S/C24H21NO3S/c1-16-12-14-19(15-13-16)29(27,28)24(23(26)18-8-4-3-5-9-18)22-17(2)25-21-11-7-6-10-20(21)22/h3-15,24-25H,1-2H3. The second-order valence-electron chi connectivity index (χ2n) is 7.18. The number of fused-ring (bicyclic) bond motifs is 1. The van der Waals surface area contributed by atoms with Crippen LogP contribution in [0.15, 0.2) is 83.8 Å². The van der Waals surface area contributed by atoms with Crippen molar-refractivity contribution in [3.63, 3.8) is 0 Å². The third-order valence-corrected chi connectivity index (χ3v) is 7.16. The number of aryl methyl sites for hydroxylation is 2. The molecule has 0 saturated carbocycles. The molecule has 0 fully saturated rings. The molecule has 4 rings (SSSR count). The number of Topliss-reactive ketones (excluding diaryl/α,β-unsaturated/α-hetero) is 1. The van der Waals surface area contributed by atoms with E-state index >= 15 is 0 Å². The first-order valence-corrected chi connectivity index (χ1v) is 10.9. The number of rotatable bonds is 5. The Balaban J connectivity index is 1.98. The summed E-state index contributed by atoms with van der Waals surface area (Å²) in [5, 5.41) is -0.585. The predicted octanol–water partition coefficient (Wildman–Crippen LogP) is 5.18. The van der Waals surface area contributed by atoms with Crippen molar-refractivity contribution in [2.45, 2.75) is 24.0 Å². The lowest BCUT2D eigenvalue weighted by Gasteiger charge is -2.18. The lowest BCUT2D eigenvalue weighted by Crippen LogP contribution is -2.23. The Morgan fingerprint density at radius 2 is 1.45 bits per heavy atom. The van der Waals surface area contributed by atoms with Crippen LogP contribution in [-0.2, 0) is 9.84 Å². The Hall–Kier alpha value is -3.18. The van der Waals surface area contributed by atoms with Gasteiger partial charge in [0.05, 0.1) is 4.90 Å². The molecule has 5 heteroatoms. The van der Waals surface area contributed by atoms with E-state index in [0.29, 0.717) is 16.8 Å². The molecule has 0 radical (unpaired) electrons. The Labute approximate surface area is 170 Å². The highest BCUT2D eigenvalue weighted by Gasteiger charge is 2.38. The van der Waals surface area contributed by atoms with Gasteiger partial charge in [0.15, 0.2) is 20.9 Å². The van der Waals surface area contributed by atoms with E-state index in [1.54, 1.807) is 54.6 Å². The van der Waals surface area contributed by atoms with Gasteiger partial charge in [-0.1, -0.05) is 66.2 Å². The molecule has 1 aromatic heterocycles. The first-order valence-electron chi connectivity index (χ1n) is 9.36. The van der Waals surface area contributed by atoms with Gasteiger partial charge in [0, 0.05) is 27.7 Å². The molecule has 1 unspecified atom stereocenters. The summed E-state index contributed by atoms with van der Waals surface area (Å²) < 4.78 is 27.4. The first-order chi connectivity index (χ1) is 13.9. The van der Waals surface area contributed by atoms with E-state index in [-0.39, 0.29) is 4.90 Å². The summed E-state index contributed by atoms with van der Waals surface area (Å²) in [5.41, 5.74) is 3.33. The second kappa shape index (κ2) is 7.33. The quantitative estimate of drug-likeness (QED) is 0.467. The van der Waals surface area contributed by atoms with Crippen LogP contribution in [0, 0.1) is 13.8 Å². The van der Waals surface area contributed by atoms with Crippen LogP contribution in [0.5, 0.6) is 0 Å². The molecule has 0 saturated heterocycles. The molecule has 1 heterocycles. The fourth-order valence-corrected chi connectivity index (χ4v) is 5.50. The molecular weight excluding hydrogens is 382 g/mol. The van der Waals surface area contributed by atoms with Crippen LogP contribution < -0.4 is 0 Å². The van der Waals surface area contributed by atoms with E-state index in [0.717, 1.165) is 16.5 Å². The summed E-state index contributed by atoms with van der Waals surface area (Å²) in [7, 11) is -3.97. The summed E-state index contributed by atoms with van der Waals surface area (Å²) >= 11 is 0. The molecule has 1 atom stereocenters. The van der Waals surface area contributed by atoms with Gasteiger partial charge in [-0.15, -0.1) is 0 Å². The highest BCUT2D eigenvalue weighted by molar-refractivity contribution is 7.92. The van der Waals surface area contributed by atoms with E-state index < -0.39 is 20.9 Å². The van der Waals surface area contributed by atoms with Gasteiger partial charge in [0.1, 0.15) is 0 Å². The van der Waals surface area contributed by atoms with Gasteiger partial charge >= 0.3 is 0 Å². The van der Waals surface area contributed by atoms with Gasteiger partial charge in [-0.3, -0.25) is 4.79 Å². The highest BCUT2D eigenvalue weighted by atomic mass is 32.2. The number of benzene rings is 3. The molecule has 29 heavy (non-hydrogen) atoms. The monoisotopic (exact) mass is 403 g/mol. The van der Waals surface area contributed by atoms with E-state index in [9.17, 15) is 13.2 Å². The van der Waals surface area contributed by atoms with Crippen LogP contribution in [0.1, 0.15) is 32.4 Å². The zero-order valence-electron chi connectivity index (χ0n) is 16.2. The number of sulfone groups is 1. The second-order valence-corrected chi connectivity index (χ2v) is 9.21. The van der Waals surface area contributed by atoms with Crippen LogP contribution in [-0.4, -0.2) is 19.2 Å². The third-order valence-electron chi connectivity index (χ3n) is 5.16. The van der Waals surface area contributed by atoms with E-state index in [4.69, 9.17) is 0 Å². The number of hydrogen-bond donors (Lipinski definition) is 1. The van der Waals surface area contributed by atoms with Gasteiger partial charge in [-0.25, -0.2) is 8.42 Å². The maximum absolute atomic E-state index is 13.7. The number of hydrogen-bond acceptors (Lipinski definition) is 3. The molecule has 0 amide bonds. The largest absolute Gasteiger partial charge is 0.358 e. The van der Waals surface area contributed by atoms with E-state index in [1.807, 2.05) is 38.1 Å². The topological polar surface area (TPSA) is 67.0 Å². The van der Waals surface area contributed by atoms with Gasteiger partial charge in [0.2, 0.25) is 0 Å². The Morgan fingerprint density at radius 1 is 0.828 bits per heavy atom. The molecule has 0 aliphatic heterocycles. The highest BCUT2D eigenvalue weighted by Crippen LogP contribution is 2.38. The maximum Gasteiger partial charge on any atom is 0.192 e. The van der Waals surface area contributed by atoms with Gasteiger partial charge < -0.3 is 4.98 Å². The normalized spacial score (nSPS) is 12.8. The Morgan fingerprint density at radius 3 is 2.14 bits per heavy atom. The van der Waals surface area contributed by atoms with Crippen LogP contribution in [0.25, 0.3) is 10.9 Å². The van der Waals surface area contributed by atoms with Crippen molar-refractivity contribution in [3.05, 3.63) is 101 Å². The van der Waals surface area contributed by atoms with Crippen LogP contribution in [0.4, 0.5) is 0 Å². The zero-order chi connectivity index (χ0) is 20.6. The van der Waals surface area contributed by atoms with Gasteiger partial charge in [-0.05, 0) is 32.0 Å². The predicted molar refractivity (Wildman–Crippen MR) is 115 cm³/mol. The molecule has 0 aliphatic rings. The smallest absolute Gasteiger partial charge is 0.192 e. The summed E-state index contributed by atoms with van der Waals surface area (Å²) in [6.45, 7) is 3.71. The minimum Gasteiger partial charge on any atom is -0.358 e. The number of carbonyl (C=O) groups is 1. The minimum atomic E-state index is -3.97. The van der Waals surface area contributed by atoms with Crippen LogP contribution in [0.2, 0.25) is 0 Å². The molecule has 3 aromatic carbocycles. The number of aromatic amines is 1. The van der Waals surface area contributed by atoms with Gasteiger partial charge in [0.25, 0.3) is 0 Å². The average Bonchev–Trinajstić information content (AvgIpc) is 3.05. The molecular formula is C24H21NO3S. The van der Waals surface area contributed by atoms with Crippen molar-refractivity contribution in [3.8, 4) is 0 Å². The third kappa shape index (κ3) is 3.38.